The Labute approximate surface area is 112 Å². The maximum absolute atomic E-state index is 11.0. The van der Waals surface area contributed by atoms with Crippen LogP contribution in [-0.2, 0) is 6.54 Å². The van der Waals surface area contributed by atoms with Crippen molar-refractivity contribution in [3.8, 4) is 0 Å². The number of para-hydroxylation sites is 1. The highest BCUT2D eigenvalue weighted by molar-refractivity contribution is 5.65. The van der Waals surface area contributed by atoms with Crippen LogP contribution in [0.1, 0.15) is 25.8 Å². The van der Waals surface area contributed by atoms with Crippen molar-refractivity contribution in [2.75, 3.05) is 18.5 Å². The van der Waals surface area contributed by atoms with E-state index in [2.05, 4.69) is 24.2 Å². The van der Waals surface area contributed by atoms with Gasteiger partial charge < -0.3 is 5.43 Å². The molecule has 6 nitrogen and oxygen atoms in total. The third-order valence-corrected chi connectivity index (χ3v) is 3.62. The van der Waals surface area contributed by atoms with E-state index in [0.717, 1.165) is 25.1 Å². The second-order valence-electron chi connectivity index (χ2n) is 5.84. The number of anilines is 1. The van der Waals surface area contributed by atoms with Gasteiger partial charge in [-0.05, 0) is 23.9 Å². The Morgan fingerprint density at radius 3 is 2.79 bits per heavy atom. The van der Waals surface area contributed by atoms with Gasteiger partial charge in [0.15, 0.2) is 0 Å². The molecule has 1 saturated heterocycles. The van der Waals surface area contributed by atoms with Crippen molar-refractivity contribution >= 4 is 11.4 Å². The Balaban J connectivity index is 2.21. The largest absolute Gasteiger partial charge is 0.318 e. The van der Waals surface area contributed by atoms with E-state index in [1.165, 1.54) is 6.07 Å². The van der Waals surface area contributed by atoms with Crippen LogP contribution in [0.4, 0.5) is 11.4 Å². The molecule has 1 fully saturated rings. The zero-order chi connectivity index (χ0) is 14.0. The van der Waals surface area contributed by atoms with Crippen molar-refractivity contribution in [1.29, 1.82) is 0 Å². The summed E-state index contributed by atoms with van der Waals surface area (Å²) in [5.41, 5.74) is 4.10. The third kappa shape index (κ3) is 3.02. The van der Waals surface area contributed by atoms with E-state index in [-0.39, 0.29) is 5.69 Å². The molecule has 1 aliphatic heterocycles. The summed E-state index contributed by atoms with van der Waals surface area (Å²) in [6, 6.07) is 5.05. The van der Waals surface area contributed by atoms with Crippen LogP contribution in [0, 0.1) is 15.5 Å². The molecule has 0 aromatic heterocycles. The van der Waals surface area contributed by atoms with Crippen molar-refractivity contribution in [3.05, 3.63) is 33.9 Å². The van der Waals surface area contributed by atoms with Crippen LogP contribution in [0.15, 0.2) is 18.2 Å². The lowest BCUT2D eigenvalue weighted by atomic mass is 9.93. The summed E-state index contributed by atoms with van der Waals surface area (Å²) < 4.78 is 0. The standard InChI is InChI=1S/C13H20N4O2/c1-13(2)6-7-16(9-13)8-10-4-3-5-11(17(18)19)12(10)15-14/h3-5,15H,6-9,14H2,1-2H3. The fourth-order valence-electron chi connectivity index (χ4n) is 2.64. The number of hydrazine groups is 1. The molecule has 104 valence electrons. The molecule has 19 heavy (non-hydrogen) atoms. The minimum atomic E-state index is -0.410. The zero-order valence-electron chi connectivity index (χ0n) is 11.3. The topological polar surface area (TPSA) is 84.4 Å². The number of rotatable bonds is 4. The van der Waals surface area contributed by atoms with Crippen LogP contribution in [0.2, 0.25) is 0 Å². The lowest BCUT2D eigenvalue weighted by Gasteiger charge is -2.20. The monoisotopic (exact) mass is 264 g/mol. The van der Waals surface area contributed by atoms with Gasteiger partial charge in [-0.15, -0.1) is 0 Å². The minimum absolute atomic E-state index is 0.0263. The molecule has 0 amide bonds. The van der Waals surface area contributed by atoms with E-state index in [1.807, 2.05) is 6.07 Å². The first-order valence-corrected chi connectivity index (χ1v) is 6.38. The number of nitrogen functional groups attached to an aromatic ring is 1. The van der Waals surface area contributed by atoms with Crippen molar-refractivity contribution in [2.24, 2.45) is 11.3 Å². The lowest BCUT2D eigenvalue weighted by molar-refractivity contribution is -0.384. The molecule has 1 aliphatic rings. The molecule has 1 heterocycles. The maximum Gasteiger partial charge on any atom is 0.293 e. The van der Waals surface area contributed by atoms with E-state index in [0.29, 0.717) is 17.6 Å². The fourth-order valence-corrected chi connectivity index (χ4v) is 2.64. The summed E-state index contributed by atoms with van der Waals surface area (Å²) >= 11 is 0. The molecular weight excluding hydrogens is 244 g/mol. The average molecular weight is 264 g/mol. The van der Waals surface area contributed by atoms with Crippen molar-refractivity contribution in [2.45, 2.75) is 26.8 Å². The van der Waals surface area contributed by atoms with Crippen molar-refractivity contribution in [1.82, 2.24) is 4.90 Å². The molecule has 3 N–H and O–H groups in total. The average Bonchev–Trinajstić information content (AvgIpc) is 2.68. The quantitative estimate of drug-likeness (QED) is 0.494. The molecule has 0 bridgehead atoms. The van der Waals surface area contributed by atoms with Crippen LogP contribution < -0.4 is 11.3 Å². The smallest absolute Gasteiger partial charge is 0.293 e. The molecule has 1 aromatic carbocycles. The first-order valence-electron chi connectivity index (χ1n) is 6.38. The maximum atomic E-state index is 11.0. The summed E-state index contributed by atoms with van der Waals surface area (Å²) in [5, 5.41) is 11.0. The van der Waals surface area contributed by atoms with Crippen LogP contribution in [0.3, 0.4) is 0 Å². The summed E-state index contributed by atoms with van der Waals surface area (Å²) in [5.74, 6) is 5.44. The summed E-state index contributed by atoms with van der Waals surface area (Å²) in [7, 11) is 0. The normalized spacial score (nSPS) is 18.5. The number of hydrogen-bond acceptors (Lipinski definition) is 5. The van der Waals surface area contributed by atoms with Gasteiger partial charge in [-0.2, -0.15) is 0 Å². The third-order valence-electron chi connectivity index (χ3n) is 3.62. The first-order chi connectivity index (χ1) is 8.93. The number of nitro groups is 1. The molecule has 0 unspecified atom stereocenters. The summed E-state index contributed by atoms with van der Waals surface area (Å²) in [6.07, 6.45) is 1.15. The summed E-state index contributed by atoms with van der Waals surface area (Å²) in [4.78, 5) is 12.9. The predicted octanol–water partition coefficient (Wildman–Crippen LogP) is 2.11. The predicted molar refractivity (Wildman–Crippen MR) is 74.6 cm³/mol. The highest BCUT2D eigenvalue weighted by atomic mass is 16.6. The molecule has 0 saturated carbocycles. The number of nitrogens with two attached hydrogens (primary N) is 1. The van der Waals surface area contributed by atoms with Crippen LogP contribution in [0.25, 0.3) is 0 Å². The van der Waals surface area contributed by atoms with Gasteiger partial charge in [-0.1, -0.05) is 26.0 Å². The molecule has 2 rings (SSSR count). The number of hydrogen-bond donors (Lipinski definition) is 2. The molecule has 6 heteroatoms. The van der Waals surface area contributed by atoms with Gasteiger partial charge in [0.2, 0.25) is 0 Å². The Morgan fingerprint density at radius 2 is 2.26 bits per heavy atom. The Kier molecular flexibility index (Phi) is 3.73. The Bertz CT molecular complexity index is 488. The van der Waals surface area contributed by atoms with Gasteiger partial charge in [0.25, 0.3) is 5.69 Å². The number of nitrogens with zero attached hydrogens (tertiary/aromatic N) is 2. The fraction of sp³-hybridized carbons (Fsp3) is 0.538. The lowest BCUT2D eigenvalue weighted by Crippen LogP contribution is -2.24. The van der Waals surface area contributed by atoms with E-state index in [4.69, 9.17) is 5.84 Å². The minimum Gasteiger partial charge on any atom is -0.318 e. The SMILES string of the molecule is CC1(C)CCN(Cc2cccc([N+](=O)[O-])c2NN)C1. The second kappa shape index (κ2) is 5.14. The highest BCUT2D eigenvalue weighted by Gasteiger charge is 2.29. The Morgan fingerprint density at radius 1 is 1.53 bits per heavy atom. The molecule has 0 aliphatic carbocycles. The first kappa shape index (κ1) is 13.8. The zero-order valence-corrected chi connectivity index (χ0v) is 11.3. The number of benzene rings is 1. The van der Waals surface area contributed by atoms with E-state index < -0.39 is 4.92 Å². The van der Waals surface area contributed by atoms with Gasteiger partial charge in [0.05, 0.1) is 4.92 Å². The van der Waals surface area contributed by atoms with Gasteiger partial charge in [0, 0.05) is 19.2 Å². The molecular formula is C13H20N4O2. The number of nitrogens with one attached hydrogen (secondary N) is 1. The van der Waals surface area contributed by atoms with Gasteiger partial charge >= 0.3 is 0 Å². The van der Waals surface area contributed by atoms with Crippen LogP contribution >= 0.6 is 0 Å². The molecule has 0 spiro atoms. The van der Waals surface area contributed by atoms with Crippen LogP contribution in [-0.4, -0.2) is 22.9 Å². The Hall–Kier alpha value is -1.66. The van der Waals surface area contributed by atoms with Crippen LogP contribution in [0.5, 0.6) is 0 Å². The highest BCUT2D eigenvalue weighted by Crippen LogP contribution is 2.33. The van der Waals surface area contributed by atoms with E-state index in [1.54, 1.807) is 6.07 Å². The molecule has 0 atom stereocenters. The second-order valence-corrected chi connectivity index (χ2v) is 5.84. The number of likely N-dealkylation sites (tertiary alicyclic amines) is 1. The molecule has 0 radical (unpaired) electrons. The van der Waals surface area contributed by atoms with E-state index >= 15 is 0 Å². The van der Waals surface area contributed by atoms with E-state index in [9.17, 15) is 10.1 Å². The van der Waals surface area contributed by atoms with Gasteiger partial charge in [-0.3, -0.25) is 20.9 Å². The van der Waals surface area contributed by atoms with Gasteiger partial charge in [0.1, 0.15) is 5.69 Å². The van der Waals surface area contributed by atoms with Crippen molar-refractivity contribution in [3.63, 3.8) is 0 Å². The van der Waals surface area contributed by atoms with Gasteiger partial charge in [-0.25, -0.2) is 0 Å². The van der Waals surface area contributed by atoms with Crippen molar-refractivity contribution < 1.29 is 4.92 Å². The number of nitro benzene ring substituents is 1. The molecule has 1 aromatic rings. The summed E-state index contributed by atoms with van der Waals surface area (Å²) in [6.45, 7) is 7.18.